The van der Waals surface area contributed by atoms with Crippen molar-refractivity contribution in [3.05, 3.63) is 19.3 Å². The Labute approximate surface area is 343 Å². The van der Waals surface area contributed by atoms with E-state index in [0.717, 1.165) is 0 Å². The maximum absolute atomic E-state index is 11.4. The molecule has 302 valence electrons. The zero-order valence-corrected chi connectivity index (χ0v) is 39.5. The van der Waals surface area contributed by atoms with Crippen molar-refractivity contribution in [1.82, 2.24) is 0 Å². The maximum atomic E-state index is 11.4. The minimum atomic E-state index is -0.457. The first-order valence-corrected chi connectivity index (χ1v) is 17.5. The summed E-state index contributed by atoms with van der Waals surface area (Å²) >= 11 is 0. The molecule has 0 heterocycles. The molecule has 0 radical (unpaired) electrons. The third-order valence-corrected chi connectivity index (χ3v) is 6.46. The Balaban J connectivity index is -0.000000188. The zero-order chi connectivity index (χ0) is 41.7. The summed E-state index contributed by atoms with van der Waals surface area (Å²) in [5, 5.41) is 0. The molecular formula is C41H75O10Y. The summed E-state index contributed by atoms with van der Waals surface area (Å²) in [7, 11) is 3.30. The Morgan fingerprint density at radius 2 is 0.462 bits per heavy atom. The summed E-state index contributed by atoms with van der Waals surface area (Å²) in [6, 6.07) is 0. The van der Waals surface area contributed by atoms with Crippen LogP contribution in [0.1, 0.15) is 125 Å². The van der Waals surface area contributed by atoms with Crippen molar-refractivity contribution >= 4 is 34.7 Å². The summed E-state index contributed by atoms with van der Waals surface area (Å²) in [6.07, 6.45) is 3.67. The molecule has 0 atom stereocenters. The number of ketones is 6. The monoisotopic (exact) mass is 816 g/mol. The summed E-state index contributed by atoms with van der Waals surface area (Å²) < 4.78 is 19.9. The van der Waals surface area contributed by atoms with Crippen molar-refractivity contribution in [2.45, 2.75) is 125 Å². The Morgan fingerprint density at radius 1 is 0.327 bits per heavy atom. The fraction of sp³-hybridized carbons (Fsp3) is 0.780. The SMILES string of the molecule is CC(C)(C)C(=O)[CH-]C(=O)C(C)(C)C.CC(C)(C)C(=O)[CH-]C(=O)C(C)(C)C.CC(C)(C)C(=O)[CH-]C(=O)C(C)(C)C.COCCOCCOCCOC.[Y+3]. The second-order valence-electron chi connectivity index (χ2n) is 18.3. The van der Waals surface area contributed by atoms with Crippen molar-refractivity contribution in [2.24, 2.45) is 32.5 Å². The average molecular weight is 817 g/mol. The van der Waals surface area contributed by atoms with Gasteiger partial charge in [0.2, 0.25) is 0 Å². The molecule has 0 saturated carbocycles. The molecule has 0 spiro atoms. The summed E-state index contributed by atoms with van der Waals surface area (Å²) in [5.41, 5.74) is -2.74. The molecule has 0 fully saturated rings. The molecule has 10 nitrogen and oxygen atoms in total. The van der Waals surface area contributed by atoms with Crippen LogP contribution in [-0.4, -0.2) is 88.6 Å². The van der Waals surface area contributed by atoms with E-state index in [-0.39, 0.29) is 67.4 Å². The van der Waals surface area contributed by atoms with Crippen LogP contribution in [0.15, 0.2) is 0 Å². The van der Waals surface area contributed by atoms with Crippen molar-refractivity contribution < 1.29 is 80.4 Å². The number of methoxy groups -OCH3 is 2. The first-order chi connectivity index (χ1) is 22.6. The molecule has 11 heteroatoms. The van der Waals surface area contributed by atoms with Crippen LogP contribution in [-0.2, 0) is 80.4 Å². The number of carbonyl (C=O) groups excluding carboxylic acids is 6. The second-order valence-corrected chi connectivity index (χ2v) is 18.3. The molecule has 0 amide bonds. The molecule has 0 aromatic carbocycles. The molecule has 0 aromatic rings. The van der Waals surface area contributed by atoms with Gasteiger partial charge in [-0.05, 0) is 32.5 Å². The van der Waals surface area contributed by atoms with Gasteiger partial charge in [0.1, 0.15) is 0 Å². The van der Waals surface area contributed by atoms with Gasteiger partial charge in [-0.3, -0.25) is 19.3 Å². The van der Waals surface area contributed by atoms with E-state index in [4.69, 9.17) is 18.9 Å². The molecule has 0 N–H and O–H groups in total. The van der Waals surface area contributed by atoms with Gasteiger partial charge in [0.15, 0.2) is 0 Å². The molecule has 0 unspecified atom stereocenters. The topological polar surface area (TPSA) is 139 Å². The Bertz CT molecular complexity index is 851. The third kappa shape index (κ3) is 35.6. The normalized spacial score (nSPS) is 11.8. The van der Waals surface area contributed by atoms with E-state index in [1.807, 2.05) is 125 Å². The number of hydrogen-bond donors (Lipinski definition) is 0. The van der Waals surface area contributed by atoms with E-state index in [0.29, 0.717) is 39.6 Å². The molecule has 0 aromatic heterocycles. The Morgan fingerprint density at radius 3 is 0.577 bits per heavy atom. The third-order valence-electron chi connectivity index (χ3n) is 6.46. The first kappa shape index (κ1) is 59.8. The standard InChI is InChI=1S/3C11H19O2.C8H18O4.Y/c3*1-10(2,3)8(12)7-9(13)11(4,5)6;1-9-3-5-11-7-8-12-6-4-10-2;/h3*7H,1-6H3;3-8H2,1-2H3;/q3*-1;;+3. The van der Waals surface area contributed by atoms with Gasteiger partial charge in [-0.1, -0.05) is 125 Å². The van der Waals surface area contributed by atoms with E-state index in [1.54, 1.807) is 14.2 Å². The molecule has 52 heavy (non-hydrogen) atoms. The van der Waals surface area contributed by atoms with Gasteiger partial charge < -0.3 is 47.7 Å². The number of Topliss-reactive ketones (excluding diaryl/α,β-unsaturated/α-hetero) is 6. The predicted molar refractivity (Wildman–Crippen MR) is 205 cm³/mol. The van der Waals surface area contributed by atoms with Crippen LogP contribution in [0.3, 0.4) is 0 Å². The predicted octanol–water partition coefficient (Wildman–Crippen LogP) is 7.57. The maximum Gasteiger partial charge on any atom is 3.00 e. The van der Waals surface area contributed by atoms with E-state index < -0.39 is 32.5 Å². The van der Waals surface area contributed by atoms with Crippen molar-refractivity contribution in [3.8, 4) is 0 Å². The van der Waals surface area contributed by atoms with Crippen molar-refractivity contribution in [3.63, 3.8) is 0 Å². The molecule has 0 aliphatic rings. The minimum Gasteiger partial charge on any atom is -0.382 e. The molecular weight excluding hydrogens is 741 g/mol. The van der Waals surface area contributed by atoms with Crippen molar-refractivity contribution in [2.75, 3.05) is 53.9 Å². The molecule has 0 aliphatic heterocycles. The van der Waals surface area contributed by atoms with Gasteiger partial charge in [0.25, 0.3) is 0 Å². The van der Waals surface area contributed by atoms with Crippen LogP contribution < -0.4 is 0 Å². The largest absolute Gasteiger partial charge is 3.00 e. The van der Waals surface area contributed by atoms with E-state index in [9.17, 15) is 28.8 Å². The first-order valence-electron chi connectivity index (χ1n) is 17.5. The summed E-state index contributed by atoms with van der Waals surface area (Å²) in [6.45, 7) is 36.3. The van der Waals surface area contributed by atoms with Gasteiger partial charge in [-0.25, -0.2) is 0 Å². The van der Waals surface area contributed by atoms with E-state index in [1.165, 1.54) is 19.3 Å². The Hall–Kier alpha value is -1.43. The van der Waals surface area contributed by atoms with Crippen LogP contribution in [0, 0.1) is 51.8 Å². The van der Waals surface area contributed by atoms with E-state index in [2.05, 4.69) is 0 Å². The van der Waals surface area contributed by atoms with Crippen LogP contribution in [0.4, 0.5) is 0 Å². The second kappa shape index (κ2) is 27.2. The van der Waals surface area contributed by atoms with Crippen LogP contribution >= 0.6 is 0 Å². The van der Waals surface area contributed by atoms with E-state index >= 15 is 0 Å². The molecule has 0 saturated heterocycles. The summed E-state index contributed by atoms with van der Waals surface area (Å²) in [4.78, 5) is 68.7. The fourth-order valence-corrected chi connectivity index (χ4v) is 2.26. The van der Waals surface area contributed by atoms with Crippen LogP contribution in [0.5, 0.6) is 0 Å². The molecule has 0 rings (SSSR count). The van der Waals surface area contributed by atoms with Gasteiger partial charge in [-0.2, -0.15) is 0 Å². The van der Waals surface area contributed by atoms with Crippen LogP contribution in [0.2, 0.25) is 0 Å². The number of rotatable bonds is 15. The minimum absolute atomic E-state index is 0. The number of carbonyl (C=O) groups is 6. The number of hydrogen-bond acceptors (Lipinski definition) is 10. The van der Waals surface area contributed by atoms with Gasteiger partial charge in [0, 0.05) is 48.9 Å². The van der Waals surface area contributed by atoms with Crippen LogP contribution in [0.25, 0.3) is 0 Å². The fourth-order valence-electron chi connectivity index (χ4n) is 2.26. The van der Waals surface area contributed by atoms with Gasteiger partial charge in [-0.15, -0.1) is 0 Å². The average Bonchev–Trinajstić information content (AvgIpc) is 2.92. The van der Waals surface area contributed by atoms with Gasteiger partial charge in [0.05, 0.1) is 39.6 Å². The van der Waals surface area contributed by atoms with Gasteiger partial charge >= 0.3 is 32.7 Å². The zero-order valence-electron chi connectivity index (χ0n) is 36.6. The Kier molecular flexibility index (Phi) is 31.3. The summed E-state index contributed by atoms with van der Waals surface area (Å²) in [5.74, 6) is -0.625. The number of ether oxygens (including phenoxy) is 4. The quantitative estimate of drug-likeness (QED) is 0.0924. The molecule has 0 aliphatic carbocycles. The molecule has 0 bridgehead atoms. The smallest absolute Gasteiger partial charge is 0.382 e. The van der Waals surface area contributed by atoms with Crippen molar-refractivity contribution in [1.29, 1.82) is 0 Å².